The summed E-state index contributed by atoms with van der Waals surface area (Å²) in [7, 11) is 1.61. The first-order chi connectivity index (χ1) is 13.0. The van der Waals surface area contributed by atoms with Crippen LogP contribution in [0, 0.1) is 10.1 Å². The summed E-state index contributed by atoms with van der Waals surface area (Å²) in [4.78, 5) is 22.3. The van der Waals surface area contributed by atoms with Crippen LogP contribution in [0.15, 0.2) is 58.7 Å². The highest BCUT2D eigenvalue weighted by molar-refractivity contribution is 8.15. The Hall–Kier alpha value is -3.20. The molecule has 1 N–H and O–H groups in total. The van der Waals surface area contributed by atoms with E-state index in [-0.39, 0.29) is 16.8 Å². The average Bonchev–Trinajstić information content (AvgIpc) is 3.02. The van der Waals surface area contributed by atoms with Crippen LogP contribution in [-0.2, 0) is 11.2 Å². The first kappa shape index (κ1) is 18.6. The molecule has 2 aromatic carbocycles. The van der Waals surface area contributed by atoms with Crippen LogP contribution < -0.4 is 10.1 Å². The minimum atomic E-state index is -0.463. The quantitative estimate of drug-likeness (QED) is 0.468. The summed E-state index contributed by atoms with van der Waals surface area (Å²) in [5.74, 6) is 0.658. The Morgan fingerprint density at radius 3 is 2.56 bits per heavy atom. The van der Waals surface area contributed by atoms with Gasteiger partial charge >= 0.3 is 0 Å². The molecule has 138 valence electrons. The monoisotopic (exact) mass is 384 g/mol. The van der Waals surface area contributed by atoms with E-state index < -0.39 is 4.92 Å². The lowest BCUT2D eigenvalue weighted by atomic mass is 10.1. The number of hydrogen-bond acceptors (Lipinski definition) is 7. The number of hydrogen-bond donors (Lipinski definition) is 1. The fourth-order valence-corrected chi connectivity index (χ4v) is 3.36. The second-order valence-electron chi connectivity index (χ2n) is 5.65. The molecule has 1 saturated heterocycles. The third-order valence-corrected chi connectivity index (χ3v) is 4.89. The van der Waals surface area contributed by atoms with Gasteiger partial charge in [0.25, 0.3) is 5.69 Å². The van der Waals surface area contributed by atoms with Crippen LogP contribution in [0.3, 0.4) is 0 Å². The molecule has 0 unspecified atom stereocenters. The fraction of sp³-hybridized carbons (Fsp3) is 0.167. The molecule has 0 aromatic heterocycles. The van der Waals surface area contributed by atoms with Gasteiger partial charge in [-0.15, -0.1) is 5.10 Å². The van der Waals surface area contributed by atoms with E-state index in [1.807, 2.05) is 24.3 Å². The number of carbonyl (C=O) groups excluding carboxylic acids is 1. The first-order valence-electron chi connectivity index (χ1n) is 8.01. The van der Waals surface area contributed by atoms with Gasteiger partial charge in [-0.3, -0.25) is 14.9 Å². The predicted molar refractivity (Wildman–Crippen MR) is 104 cm³/mol. The molecular weight excluding hydrogens is 368 g/mol. The van der Waals surface area contributed by atoms with Crippen LogP contribution in [0.2, 0.25) is 0 Å². The maximum Gasteiger partial charge on any atom is 0.269 e. The second-order valence-corrected chi connectivity index (χ2v) is 6.84. The first-order valence-corrected chi connectivity index (χ1v) is 8.89. The summed E-state index contributed by atoms with van der Waals surface area (Å²) in [6.45, 7) is 0. The van der Waals surface area contributed by atoms with Crippen molar-refractivity contribution in [1.82, 2.24) is 5.32 Å². The number of benzene rings is 2. The lowest BCUT2D eigenvalue weighted by Crippen LogP contribution is -2.25. The SMILES string of the molecule is COc1ccc(C[C@H]2S/C(=N\N=C/c3ccc([N+](=O)[O-])cc3)NC2=O)cc1. The standard InChI is InChI=1S/C18H16N4O4S/c1-26-15-8-4-12(5-9-15)10-16-17(23)20-18(27-16)21-19-11-13-2-6-14(7-3-13)22(24)25/h2-9,11,16H,10H2,1H3,(H,20,21,23)/b19-11-/t16-/m1/s1. The molecule has 1 aliphatic heterocycles. The van der Waals surface area contributed by atoms with Crippen molar-refractivity contribution in [3.8, 4) is 5.75 Å². The van der Waals surface area contributed by atoms with Crippen molar-refractivity contribution in [1.29, 1.82) is 0 Å². The van der Waals surface area contributed by atoms with Gasteiger partial charge in [-0.2, -0.15) is 5.10 Å². The number of amidine groups is 1. The molecule has 0 aliphatic carbocycles. The van der Waals surface area contributed by atoms with Crippen LogP contribution in [0.4, 0.5) is 5.69 Å². The molecule has 0 saturated carbocycles. The molecule has 9 heteroatoms. The smallest absolute Gasteiger partial charge is 0.269 e. The van der Waals surface area contributed by atoms with Gasteiger partial charge in [0.05, 0.1) is 23.5 Å². The molecule has 3 rings (SSSR count). The van der Waals surface area contributed by atoms with Crippen molar-refractivity contribution in [2.45, 2.75) is 11.7 Å². The Morgan fingerprint density at radius 2 is 1.93 bits per heavy atom. The number of methoxy groups -OCH3 is 1. The number of amides is 1. The molecule has 2 aromatic rings. The Kier molecular flexibility index (Phi) is 5.82. The van der Waals surface area contributed by atoms with Crippen molar-refractivity contribution in [3.63, 3.8) is 0 Å². The van der Waals surface area contributed by atoms with Crippen LogP contribution in [0.5, 0.6) is 5.75 Å². The summed E-state index contributed by atoms with van der Waals surface area (Å²) in [5, 5.41) is 21.4. The largest absolute Gasteiger partial charge is 0.497 e. The maximum absolute atomic E-state index is 12.1. The van der Waals surface area contributed by atoms with Gasteiger partial charge in [0.2, 0.25) is 5.91 Å². The molecule has 27 heavy (non-hydrogen) atoms. The van der Waals surface area contributed by atoms with Gasteiger partial charge in [-0.05, 0) is 41.8 Å². The van der Waals surface area contributed by atoms with E-state index in [4.69, 9.17) is 4.74 Å². The van der Waals surface area contributed by atoms with Crippen molar-refractivity contribution < 1.29 is 14.5 Å². The van der Waals surface area contributed by atoms with Crippen LogP contribution >= 0.6 is 11.8 Å². The van der Waals surface area contributed by atoms with Crippen LogP contribution in [-0.4, -0.2) is 34.6 Å². The van der Waals surface area contributed by atoms with E-state index >= 15 is 0 Å². The minimum Gasteiger partial charge on any atom is -0.497 e. The maximum atomic E-state index is 12.1. The van der Waals surface area contributed by atoms with Gasteiger partial charge in [0, 0.05) is 12.1 Å². The number of non-ortho nitro benzene ring substituents is 1. The molecule has 1 fully saturated rings. The van der Waals surface area contributed by atoms with E-state index in [0.29, 0.717) is 17.2 Å². The molecule has 1 atom stereocenters. The summed E-state index contributed by atoms with van der Waals surface area (Å²) >= 11 is 1.32. The highest BCUT2D eigenvalue weighted by Gasteiger charge is 2.30. The Bertz CT molecular complexity index is 895. The lowest BCUT2D eigenvalue weighted by Gasteiger charge is -2.06. The van der Waals surface area contributed by atoms with Crippen molar-refractivity contribution in [2.75, 3.05) is 7.11 Å². The van der Waals surface area contributed by atoms with Crippen LogP contribution in [0.25, 0.3) is 0 Å². The van der Waals surface area contributed by atoms with Gasteiger partial charge in [-0.25, -0.2) is 0 Å². The normalized spacial score (nSPS) is 18.0. The molecule has 1 aliphatic rings. The third-order valence-electron chi connectivity index (χ3n) is 3.82. The molecule has 0 radical (unpaired) electrons. The van der Waals surface area contributed by atoms with E-state index in [1.165, 1.54) is 30.1 Å². The van der Waals surface area contributed by atoms with Gasteiger partial charge in [0.1, 0.15) is 5.75 Å². The summed E-state index contributed by atoms with van der Waals surface area (Å²) in [6, 6.07) is 13.5. The van der Waals surface area contributed by atoms with Crippen LogP contribution in [0.1, 0.15) is 11.1 Å². The average molecular weight is 384 g/mol. The topological polar surface area (TPSA) is 106 Å². The summed E-state index contributed by atoms with van der Waals surface area (Å²) < 4.78 is 5.12. The molecular formula is C18H16N4O4S. The zero-order chi connectivity index (χ0) is 19.2. The van der Waals surface area contributed by atoms with Crippen molar-refractivity contribution in [2.24, 2.45) is 10.2 Å². The third kappa shape index (κ3) is 4.91. The minimum absolute atomic E-state index is 0.0125. The number of ether oxygens (including phenoxy) is 1. The van der Waals surface area contributed by atoms with E-state index in [1.54, 1.807) is 19.2 Å². The fourth-order valence-electron chi connectivity index (χ4n) is 2.39. The van der Waals surface area contributed by atoms with E-state index in [2.05, 4.69) is 15.5 Å². The number of rotatable bonds is 6. The van der Waals surface area contributed by atoms with Crippen molar-refractivity contribution in [3.05, 3.63) is 69.8 Å². The van der Waals surface area contributed by atoms with Gasteiger partial charge in [0.15, 0.2) is 5.17 Å². The van der Waals surface area contributed by atoms with Crippen molar-refractivity contribution >= 4 is 34.7 Å². The Balaban J connectivity index is 1.59. The molecule has 8 nitrogen and oxygen atoms in total. The molecule has 1 amide bonds. The van der Waals surface area contributed by atoms with E-state index in [9.17, 15) is 14.9 Å². The van der Waals surface area contributed by atoms with Gasteiger partial charge < -0.3 is 10.1 Å². The number of nitrogens with zero attached hydrogens (tertiary/aromatic N) is 3. The zero-order valence-electron chi connectivity index (χ0n) is 14.4. The second kappa shape index (κ2) is 8.45. The molecule has 1 heterocycles. The number of nitro groups is 1. The number of nitrogens with one attached hydrogen (secondary N) is 1. The van der Waals surface area contributed by atoms with E-state index in [0.717, 1.165) is 11.3 Å². The molecule has 0 spiro atoms. The number of nitro benzene ring substituents is 1. The number of carbonyl (C=O) groups is 1. The number of thioether (sulfide) groups is 1. The summed E-state index contributed by atoms with van der Waals surface area (Å²) in [5.41, 5.74) is 1.71. The highest BCUT2D eigenvalue weighted by Crippen LogP contribution is 2.24. The Morgan fingerprint density at radius 1 is 1.22 bits per heavy atom. The highest BCUT2D eigenvalue weighted by atomic mass is 32.2. The van der Waals surface area contributed by atoms with Gasteiger partial charge in [-0.1, -0.05) is 23.9 Å². The molecule has 0 bridgehead atoms. The zero-order valence-corrected chi connectivity index (χ0v) is 15.2. The lowest BCUT2D eigenvalue weighted by molar-refractivity contribution is -0.384. The Labute approximate surface area is 159 Å². The summed E-state index contributed by atoms with van der Waals surface area (Å²) in [6.07, 6.45) is 2.05. The predicted octanol–water partition coefficient (Wildman–Crippen LogP) is 2.77.